The summed E-state index contributed by atoms with van der Waals surface area (Å²) in [4.78, 5) is 34.6. The van der Waals surface area contributed by atoms with Crippen LogP contribution in [0.4, 0.5) is 5.69 Å². The lowest BCUT2D eigenvalue weighted by atomic mass is 10.1. The third kappa shape index (κ3) is 1.37. The second-order valence-corrected chi connectivity index (χ2v) is 3.29. The van der Waals surface area contributed by atoms with Crippen molar-refractivity contribution >= 4 is 23.7 Å². The summed E-state index contributed by atoms with van der Waals surface area (Å²) in [5.41, 5.74) is 0.745. The molecule has 0 spiro atoms. The van der Waals surface area contributed by atoms with E-state index < -0.39 is 11.7 Å². The Morgan fingerprint density at radius 3 is 2.75 bits per heavy atom. The smallest absolute Gasteiger partial charge is 0.299 e. The van der Waals surface area contributed by atoms with E-state index in [4.69, 9.17) is 4.74 Å². The number of fused-ring (bicyclic) bond motifs is 1. The minimum Gasteiger partial charge on any atom is -0.497 e. The predicted molar refractivity (Wildman–Crippen MR) is 55.7 cm³/mol. The van der Waals surface area contributed by atoms with E-state index in [9.17, 15) is 14.4 Å². The Labute approximate surface area is 91.6 Å². The molecule has 0 radical (unpaired) electrons. The third-order valence-corrected chi connectivity index (χ3v) is 2.44. The number of methoxy groups -OCH3 is 1. The Bertz CT molecular complexity index is 481. The highest BCUT2D eigenvalue weighted by molar-refractivity contribution is 6.52. The zero-order valence-electron chi connectivity index (χ0n) is 8.60. The number of anilines is 1. The van der Waals surface area contributed by atoms with Crippen LogP contribution in [0.1, 0.15) is 10.4 Å². The Morgan fingerprint density at radius 2 is 2.12 bits per heavy atom. The second-order valence-electron chi connectivity index (χ2n) is 3.29. The molecule has 0 N–H and O–H groups in total. The fourth-order valence-corrected chi connectivity index (χ4v) is 1.66. The Hall–Kier alpha value is -2.17. The van der Waals surface area contributed by atoms with Gasteiger partial charge in [-0.15, -0.1) is 0 Å². The molecule has 1 aliphatic rings. The zero-order valence-corrected chi connectivity index (χ0v) is 8.60. The van der Waals surface area contributed by atoms with Gasteiger partial charge in [-0.2, -0.15) is 0 Å². The Morgan fingerprint density at radius 1 is 1.38 bits per heavy atom. The molecule has 1 aliphatic heterocycles. The highest BCUT2D eigenvalue weighted by Crippen LogP contribution is 2.31. The molecule has 1 amide bonds. The minimum atomic E-state index is -0.671. The molecule has 1 aromatic carbocycles. The standard InChI is InChI=1S/C11H9NO4/c1-16-7-2-3-8-9(6-7)12(4-5-13)11(15)10(8)14/h2-3,5-6H,4H2,1H3. The van der Waals surface area contributed by atoms with E-state index in [0.29, 0.717) is 23.3 Å². The average molecular weight is 219 g/mol. The first-order valence-electron chi connectivity index (χ1n) is 4.67. The zero-order chi connectivity index (χ0) is 11.7. The molecule has 5 nitrogen and oxygen atoms in total. The van der Waals surface area contributed by atoms with Crippen LogP contribution in [-0.2, 0) is 9.59 Å². The molecule has 5 heteroatoms. The number of ether oxygens (including phenoxy) is 1. The first-order valence-corrected chi connectivity index (χ1v) is 4.67. The first kappa shape index (κ1) is 10.4. The molecular formula is C11H9NO4. The van der Waals surface area contributed by atoms with Crippen molar-refractivity contribution in [3.05, 3.63) is 23.8 Å². The van der Waals surface area contributed by atoms with Crippen LogP contribution in [0, 0.1) is 0 Å². The molecule has 82 valence electrons. The maximum atomic E-state index is 11.5. The van der Waals surface area contributed by atoms with Crippen molar-refractivity contribution in [1.29, 1.82) is 0 Å². The van der Waals surface area contributed by atoms with Gasteiger partial charge in [-0.1, -0.05) is 0 Å². The molecule has 16 heavy (non-hydrogen) atoms. The van der Waals surface area contributed by atoms with Crippen molar-refractivity contribution in [3.8, 4) is 5.75 Å². The number of hydrogen-bond acceptors (Lipinski definition) is 4. The number of carbonyl (C=O) groups is 3. The van der Waals surface area contributed by atoms with E-state index in [0.717, 1.165) is 4.90 Å². The summed E-state index contributed by atoms with van der Waals surface area (Å²) in [7, 11) is 1.49. The van der Waals surface area contributed by atoms with Gasteiger partial charge in [-0.05, 0) is 12.1 Å². The number of nitrogens with zero attached hydrogens (tertiary/aromatic N) is 1. The topological polar surface area (TPSA) is 63.7 Å². The van der Waals surface area contributed by atoms with Crippen LogP contribution in [0.15, 0.2) is 18.2 Å². The highest BCUT2D eigenvalue weighted by Gasteiger charge is 2.35. The summed E-state index contributed by atoms with van der Waals surface area (Å²) in [6.45, 7) is -0.120. The van der Waals surface area contributed by atoms with Gasteiger partial charge in [0.25, 0.3) is 11.7 Å². The number of Topliss-reactive ketones (excluding diaryl/α,β-unsaturated/α-hetero) is 1. The molecule has 2 rings (SSSR count). The van der Waals surface area contributed by atoms with Crippen LogP contribution in [0.3, 0.4) is 0 Å². The van der Waals surface area contributed by atoms with Gasteiger partial charge in [0.2, 0.25) is 0 Å². The molecule has 0 saturated heterocycles. The number of ketones is 1. The minimum absolute atomic E-state index is 0.120. The van der Waals surface area contributed by atoms with Crippen molar-refractivity contribution in [2.24, 2.45) is 0 Å². The summed E-state index contributed by atoms with van der Waals surface area (Å²) in [6.07, 6.45) is 0.583. The lowest BCUT2D eigenvalue weighted by Gasteiger charge is -2.12. The van der Waals surface area contributed by atoms with Crippen LogP contribution >= 0.6 is 0 Å². The molecule has 0 bridgehead atoms. The number of hydrogen-bond donors (Lipinski definition) is 0. The quantitative estimate of drug-likeness (QED) is 0.546. The van der Waals surface area contributed by atoms with Crippen molar-refractivity contribution in [2.75, 3.05) is 18.6 Å². The first-order chi connectivity index (χ1) is 7.69. The maximum absolute atomic E-state index is 11.5. The number of amides is 1. The Balaban J connectivity index is 2.52. The van der Waals surface area contributed by atoms with Crippen molar-refractivity contribution < 1.29 is 19.1 Å². The van der Waals surface area contributed by atoms with Gasteiger partial charge in [0.15, 0.2) is 0 Å². The van der Waals surface area contributed by atoms with Crippen LogP contribution < -0.4 is 9.64 Å². The van der Waals surface area contributed by atoms with E-state index in [1.807, 2.05) is 0 Å². The van der Waals surface area contributed by atoms with Gasteiger partial charge in [0, 0.05) is 6.07 Å². The molecule has 0 fully saturated rings. The van der Waals surface area contributed by atoms with Crippen molar-refractivity contribution in [1.82, 2.24) is 0 Å². The summed E-state index contributed by atoms with van der Waals surface area (Å²) < 4.78 is 5.00. The van der Waals surface area contributed by atoms with Gasteiger partial charge in [0.1, 0.15) is 12.0 Å². The summed E-state index contributed by atoms with van der Waals surface area (Å²) in [6, 6.07) is 4.70. The lowest BCUT2D eigenvalue weighted by Crippen LogP contribution is -2.31. The van der Waals surface area contributed by atoms with Crippen LogP contribution in [0.5, 0.6) is 5.75 Å². The van der Waals surface area contributed by atoms with Crippen molar-refractivity contribution in [3.63, 3.8) is 0 Å². The lowest BCUT2D eigenvalue weighted by molar-refractivity contribution is -0.115. The molecule has 1 heterocycles. The normalized spacial score (nSPS) is 13.9. The summed E-state index contributed by atoms with van der Waals surface area (Å²) in [5, 5.41) is 0. The molecular weight excluding hydrogens is 210 g/mol. The largest absolute Gasteiger partial charge is 0.497 e. The number of benzene rings is 1. The molecule has 0 unspecified atom stereocenters. The van der Waals surface area contributed by atoms with E-state index in [2.05, 4.69) is 0 Å². The summed E-state index contributed by atoms with van der Waals surface area (Å²) >= 11 is 0. The van der Waals surface area contributed by atoms with Gasteiger partial charge < -0.3 is 9.53 Å². The maximum Gasteiger partial charge on any atom is 0.299 e. The highest BCUT2D eigenvalue weighted by atomic mass is 16.5. The predicted octanol–water partition coefficient (Wildman–Crippen LogP) is 0.423. The molecule has 0 aromatic heterocycles. The van der Waals surface area contributed by atoms with Crippen LogP contribution in [0.2, 0.25) is 0 Å². The number of rotatable bonds is 3. The SMILES string of the molecule is COc1ccc2c(c1)N(CC=O)C(=O)C2=O. The van der Waals surface area contributed by atoms with Gasteiger partial charge in [0.05, 0.1) is 24.9 Å². The van der Waals surface area contributed by atoms with Crippen LogP contribution in [-0.4, -0.2) is 31.6 Å². The van der Waals surface area contributed by atoms with Crippen LogP contribution in [0.25, 0.3) is 0 Å². The average Bonchev–Trinajstić information content (AvgIpc) is 2.54. The van der Waals surface area contributed by atoms with Gasteiger partial charge in [-0.3, -0.25) is 14.5 Å². The molecule has 0 saturated carbocycles. The van der Waals surface area contributed by atoms with E-state index in [1.54, 1.807) is 12.1 Å². The number of carbonyl (C=O) groups excluding carboxylic acids is 3. The van der Waals surface area contributed by atoms with Gasteiger partial charge >= 0.3 is 0 Å². The van der Waals surface area contributed by atoms with E-state index in [1.165, 1.54) is 13.2 Å². The third-order valence-electron chi connectivity index (χ3n) is 2.44. The molecule has 0 aliphatic carbocycles. The van der Waals surface area contributed by atoms with E-state index in [-0.39, 0.29) is 6.54 Å². The second kappa shape index (κ2) is 3.77. The molecule has 1 aromatic rings. The Kier molecular flexibility index (Phi) is 2.44. The van der Waals surface area contributed by atoms with Gasteiger partial charge in [-0.25, -0.2) is 0 Å². The van der Waals surface area contributed by atoms with E-state index >= 15 is 0 Å². The fourth-order valence-electron chi connectivity index (χ4n) is 1.66. The summed E-state index contributed by atoms with van der Waals surface area (Å²) in [5.74, 6) is -0.716. The monoisotopic (exact) mass is 219 g/mol. The fraction of sp³-hybridized carbons (Fsp3) is 0.182. The molecule has 0 atom stereocenters. The van der Waals surface area contributed by atoms with Crippen molar-refractivity contribution in [2.45, 2.75) is 0 Å². The number of aldehydes is 1.